The largest absolute Gasteiger partial charge is 0.293 e. The van der Waals surface area contributed by atoms with Crippen LogP contribution in [0, 0.1) is 43.5 Å². The molecule has 0 bridgehead atoms. The van der Waals surface area contributed by atoms with E-state index in [4.69, 9.17) is 6.58 Å². The molecule has 0 aromatic carbocycles. The normalized spacial score (nSPS) is 7.50. The van der Waals surface area contributed by atoms with Gasteiger partial charge in [0.05, 0.1) is 0 Å². The van der Waals surface area contributed by atoms with Crippen molar-refractivity contribution >= 4 is 0 Å². The van der Waals surface area contributed by atoms with Crippen molar-refractivity contribution in [2.75, 3.05) is 0 Å². The van der Waals surface area contributed by atoms with Gasteiger partial charge in [-0.25, -0.2) is 12.2 Å². The Hall–Kier alpha value is 0.714. The first-order valence-electron chi connectivity index (χ1n) is 1.58. The number of hydrogen-bond donors (Lipinski definition) is 0. The van der Waals surface area contributed by atoms with Crippen LogP contribution in [0.5, 0.6) is 0 Å². The summed E-state index contributed by atoms with van der Waals surface area (Å²) in [6.45, 7) is 6.85. The summed E-state index contributed by atoms with van der Waals surface area (Å²) in [4.78, 5) is 0. The molecule has 1 heteroatoms. The van der Waals surface area contributed by atoms with Crippen molar-refractivity contribution in [1.29, 1.82) is 0 Å². The van der Waals surface area contributed by atoms with Crippen molar-refractivity contribution in [3.8, 4) is 0 Å². The number of hydrogen-bond acceptors (Lipinski definition) is 0. The minimum absolute atomic E-state index is 0. The summed E-state index contributed by atoms with van der Waals surface area (Å²) >= 11 is 0. The van der Waals surface area contributed by atoms with Crippen LogP contribution in [0.2, 0.25) is 0 Å². The Morgan fingerprint density at radius 3 is 2.00 bits per heavy atom. The van der Waals surface area contributed by atoms with Crippen LogP contribution >= 0.6 is 0 Å². The second kappa shape index (κ2) is 9.21. The zero-order valence-corrected chi connectivity index (χ0v) is 5.22. The molecule has 0 amide bonds. The molecule has 6 heavy (non-hydrogen) atoms. The van der Waals surface area contributed by atoms with Gasteiger partial charge in [-0.05, 0) is 0 Å². The van der Waals surface area contributed by atoms with E-state index in [9.17, 15) is 0 Å². The van der Waals surface area contributed by atoms with Crippen LogP contribution in [0.1, 0.15) is 6.92 Å². The van der Waals surface area contributed by atoms with Gasteiger partial charge in [-0.3, -0.25) is 6.58 Å². The van der Waals surface area contributed by atoms with Crippen molar-refractivity contribution in [3.05, 3.63) is 24.8 Å². The van der Waals surface area contributed by atoms with E-state index >= 15 is 0 Å². The van der Waals surface area contributed by atoms with Crippen LogP contribution in [0.25, 0.3) is 0 Å². The SMILES string of the molecule is [CH-]=C/C=C/C.[Lu]. The van der Waals surface area contributed by atoms with Crippen molar-refractivity contribution in [2.24, 2.45) is 0 Å². The summed E-state index contributed by atoms with van der Waals surface area (Å²) in [5.41, 5.74) is 0. The van der Waals surface area contributed by atoms with Crippen molar-refractivity contribution in [1.82, 2.24) is 0 Å². The van der Waals surface area contributed by atoms with Crippen LogP contribution in [-0.2, 0) is 0 Å². The molecule has 0 heterocycles. The summed E-state index contributed by atoms with van der Waals surface area (Å²) in [5, 5.41) is 0. The molecule has 0 fully saturated rings. The van der Waals surface area contributed by atoms with Crippen molar-refractivity contribution in [3.63, 3.8) is 0 Å². The molecule has 0 spiro atoms. The fourth-order valence-electron chi connectivity index (χ4n) is 0.111. The molecule has 0 aromatic rings. The molecule has 0 atom stereocenters. The molecule has 0 aliphatic heterocycles. The number of allylic oxidation sites excluding steroid dienone is 3. The van der Waals surface area contributed by atoms with Crippen LogP contribution in [0.4, 0.5) is 0 Å². The predicted molar refractivity (Wildman–Crippen MR) is 23.7 cm³/mol. The fourth-order valence-corrected chi connectivity index (χ4v) is 0.111. The van der Waals surface area contributed by atoms with Gasteiger partial charge in [-0.2, -0.15) is 6.08 Å². The molecule has 1 radical (unpaired) electrons. The Morgan fingerprint density at radius 2 is 2.00 bits per heavy atom. The second-order valence-electron chi connectivity index (χ2n) is 0.718. The molecule has 0 nitrogen and oxygen atoms in total. The van der Waals surface area contributed by atoms with Gasteiger partial charge in [0.25, 0.3) is 0 Å². The van der Waals surface area contributed by atoms with Crippen molar-refractivity contribution < 1.29 is 36.9 Å². The molecule has 0 aliphatic carbocycles. The van der Waals surface area contributed by atoms with E-state index in [1.807, 2.05) is 13.0 Å². The molecule has 0 saturated carbocycles. The maximum Gasteiger partial charge on any atom is 0 e. The molecule has 0 unspecified atom stereocenters. The van der Waals surface area contributed by atoms with E-state index in [0.717, 1.165) is 0 Å². The van der Waals surface area contributed by atoms with E-state index in [0.29, 0.717) is 0 Å². The maximum atomic E-state index is 4.93. The smallest absolute Gasteiger partial charge is 0 e. The van der Waals surface area contributed by atoms with Gasteiger partial charge in [0, 0.05) is 36.9 Å². The minimum Gasteiger partial charge on any atom is -0.293 e. The Labute approximate surface area is 68.1 Å². The summed E-state index contributed by atoms with van der Waals surface area (Å²) in [6, 6.07) is 0. The quantitative estimate of drug-likeness (QED) is 0.483. The van der Waals surface area contributed by atoms with E-state index in [-0.39, 0.29) is 36.9 Å². The summed E-state index contributed by atoms with van der Waals surface area (Å²) < 4.78 is 0. The monoisotopic (exact) mass is 242 g/mol. The summed E-state index contributed by atoms with van der Waals surface area (Å²) in [7, 11) is 0. The first-order chi connectivity index (χ1) is 2.41. The topological polar surface area (TPSA) is 0 Å². The zero-order chi connectivity index (χ0) is 4.12. The van der Waals surface area contributed by atoms with Crippen LogP contribution < -0.4 is 0 Å². The Bertz CT molecular complexity index is 45.9. The van der Waals surface area contributed by atoms with Crippen molar-refractivity contribution in [2.45, 2.75) is 6.92 Å². The average Bonchev–Trinajstić information content (AvgIpc) is 1.41. The van der Waals surface area contributed by atoms with E-state index in [1.165, 1.54) is 6.08 Å². The number of rotatable bonds is 1. The van der Waals surface area contributed by atoms with Gasteiger partial charge in [0.15, 0.2) is 0 Å². The van der Waals surface area contributed by atoms with Gasteiger partial charge >= 0.3 is 0 Å². The van der Waals surface area contributed by atoms with Gasteiger partial charge in [0.2, 0.25) is 0 Å². The molecular weight excluding hydrogens is 235 g/mol. The van der Waals surface area contributed by atoms with Crippen LogP contribution in [-0.4, -0.2) is 0 Å². The van der Waals surface area contributed by atoms with Gasteiger partial charge in [-0.15, -0.1) is 0 Å². The summed E-state index contributed by atoms with van der Waals surface area (Å²) in [6.07, 6.45) is 5.15. The molecule has 0 aliphatic rings. The third-order valence-corrected chi connectivity index (χ3v) is 0.304. The molecule has 0 saturated heterocycles. The van der Waals surface area contributed by atoms with Gasteiger partial charge in [-0.1, -0.05) is 6.92 Å². The van der Waals surface area contributed by atoms with Gasteiger partial charge in [0.1, 0.15) is 0 Å². The Balaban J connectivity index is 0. The Kier molecular flexibility index (Phi) is 15.1. The molecule has 0 aromatic heterocycles. The van der Waals surface area contributed by atoms with Crippen LogP contribution in [0.3, 0.4) is 0 Å². The first-order valence-corrected chi connectivity index (χ1v) is 1.58. The van der Waals surface area contributed by atoms with Gasteiger partial charge < -0.3 is 0 Å². The molecule has 0 rings (SSSR count). The Morgan fingerprint density at radius 1 is 1.50 bits per heavy atom. The second-order valence-corrected chi connectivity index (χ2v) is 0.718. The van der Waals surface area contributed by atoms with E-state index < -0.39 is 0 Å². The molecular formula is C5H7Lu-. The molecule has 0 N–H and O–H groups in total. The maximum absolute atomic E-state index is 4.93. The van der Waals surface area contributed by atoms with Crippen LogP contribution in [0.15, 0.2) is 18.2 Å². The fraction of sp³-hybridized carbons (Fsp3) is 0.200. The predicted octanol–water partition coefficient (Wildman–Crippen LogP) is 1.55. The first kappa shape index (κ1) is 9.86. The average molecular weight is 242 g/mol. The minimum atomic E-state index is 0. The zero-order valence-electron chi connectivity index (χ0n) is 3.57. The standard InChI is InChI=1S/C5H7.Lu/c1-3-5-4-2;/h1,3-5H,2H3;/q-1;/b5-4+;. The summed E-state index contributed by atoms with van der Waals surface area (Å²) in [5.74, 6) is 0. The van der Waals surface area contributed by atoms with E-state index in [2.05, 4.69) is 0 Å². The third-order valence-electron chi connectivity index (χ3n) is 0.304. The molecule has 43 valence electrons. The third kappa shape index (κ3) is 8.83. The van der Waals surface area contributed by atoms with E-state index in [1.54, 1.807) is 6.08 Å².